The van der Waals surface area contributed by atoms with Gasteiger partial charge in [-0.25, -0.2) is 12.8 Å². The van der Waals surface area contributed by atoms with E-state index in [-0.39, 0.29) is 16.5 Å². The van der Waals surface area contributed by atoms with Crippen LogP contribution >= 0.6 is 11.6 Å². The van der Waals surface area contributed by atoms with E-state index < -0.39 is 28.4 Å². The fourth-order valence-corrected chi connectivity index (χ4v) is 3.30. The highest BCUT2D eigenvalue weighted by Gasteiger charge is 2.27. The number of ether oxygens (including phenoxy) is 1. The maximum Gasteiger partial charge on any atom is 0.321 e. The molecule has 1 rings (SSSR count). The summed E-state index contributed by atoms with van der Waals surface area (Å²) in [4.78, 5) is 10.9. The zero-order valence-corrected chi connectivity index (χ0v) is 12.0. The quantitative estimate of drug-likeness (QED) is 0.776. The second-order valence-corrected chi connectivity index (χ2v) is 5.90. The van der Waals surface area contributed by atoms with Crippen molar-refractivity contribution in [2.24, 2.45) is 0 Å². The Balaban J connectivity index is 3.17. The molecule has 5 nitrogen and oxygen atoms in total. The number of benzene rings is 1. The first-order valence-electron chi connectivity index (χ1n) is 5.35. The molecular weight excluding hydrogens is 297 g/mol. The Morgan fingerprint density at radius 2 is 2.11 bits per heavy atom. The van der Waals surface area contributed by atoms with Crippen LogP contribution in [0.15, 0.2) is 23.1 Å². The second-order valence-electron chi connectivity index (χ2n) is 3.58. The fraction of sp³-hybridized carbons (Fsp3) is 0.364. The van der Waals surface area contributed by atoms with Gasteiger partial charge in [-0.3, -0.25) is 4.79 Å². The molecule has 1 aromatic rings. The Morgan fingerprint density at radius 1 is 1.47 bits per heavy atom. The van der Waals surface area contributed by atoms with Crippen molar-refractivity contribution in [3.63, 3.8) is 0 Å². The maximum atomic E-state index is 12.9. The predicted octanol–water partition coefficient (Wildman–Crippen LogP) is 1.66. The number of likely N-dealkylation sites (N-methyl/N-ethyl adjacent to an activating group) is 1. The first-order valence-corrected chi connectivity index (χ1v) is 7.16. The molecule has 0 aliphatic rings. The first kappa shape index (κ1) is 15.9. The maximum absolute atomic E-state index is 12.9. The number of carbonyl (C=O) groups is 1. The van der Waals surface area contributed by atoms with E-state index in [9.17, 15) is 17.6 Å². The lowest BCUT2D eigenvalue weighted by atomic mass is 10.3. The molecule has 0 amide bonds. The van der Waals surface area contributed by atoms with Crippen LogP contribution in [0, 0.1) is 5.82 Å². The molecule has 0 atom stereocenters. The monoisotopic (exact) mass is 309 g/mol. The molecule has 0 aromatic heterocycles. The van der Waals surface area contributed by atoms with Crippen LogP contribution in [-0.4, -0.2) is 38.9 Å². The van der Waals surface area contributed by atoms with Gasteiger partial charge in [-0.15, -0.1) is 0 Å². The predicted molar refractivity (Wildman–Crippen MR) is 67.9 cm³/mol. The van der Waals surface area contributed by atoms with Crippen molar-refractivity contribution in [1.82, 2.24) is 4.31 Å². The summed E-state index contributed by atoms with van der Waals surface area (Å²) in [5.41, 5.74) is 0. The Bertz CT molecular complexity index is 576. The van der Waals surface area contributed by atoms with E-state index in [0.29, 0.717) is 0 Å². The second kappa shape index (κ2) is 6.31. The number of esters is 1. The summed E-state index contributed by atoms with van der Waals surface area (Å²) < 4.78 is 42.8. The third-order valence-electron chi connectivity index (χ3n) is 2.40. The highest BCUT2D eigenvalue weighted by molar-refractivity contribution is 7.89. The summed E-state index contributed by atoms with van der Waals surface area (Å²) in [6.45, 7) is 1.20. The minimum Gasteiger partial charge on any atom is -0.468 e. The minimum atomic E-state index is -3.97. The Labute approximate surface area is 116 Å². The summed E-state index contributed by atoms with van der Waals surface area (Å²) in [6, 6.07) is 2.96. The van der Waals surface area contributed by atoms with Crippen molar-refractivity contribution >= 4 is 27.6 Å². The van der Waals surface area contributed by atoms with Crippen molar-refractivity contribution in [3.05, 3.63) is 29.0 Å². The van der Waals surface area contributed by atoms with E-state index in [1.165, 1.54) is 0 Å². The molecule has 0 N–H and O–H groups in total. The number of nitrogens with zero attached hydrogens (tertiary/aromatic N) is 1. The Morgan fingerprint density at radius 3 is 2.58 bits per heavy atom. The Hall–Kier alpha value is -1.18. The van der Waals surface area contributed by atoms with Crippen LogP contribution in [-0.2, 0) is 19.6 Å². The van der Waals surface area contributed by atoms with Crippen LogP contribution < -0.4 is 0 Å². The standard InChI is InChI=1S/C11H13ClFNO4S/c1-3-14(7-11(15)18-2)19(16,17)10-5-4-8(13)6-9(10)12/h4-6H,3,7H2,1-2H3. The lowest BCUT2D eigenvalue weighted by molar-refractivity contribution is -0.140. The van der Waals surface area contributed by atoms with Crippen molar-refractivity contribution in [3.8, 4) is 0 Å². The SMILES string of the molecule is CCN(CC(=O)OC)S(=O)(=O)c1ccc(F)cc1Cl. The zero-order valence-electron chi connectivity index (χ0n) is 10.4. The van der Waals surface area contributed by atoms with Crippen LogP contribution in [0.2, 0.25) is 5.02 Å². The smallest absolute Gasteiger partial charge is 0.321 e. The molecule has 106 valence electrons. The molecule has 1 aromatic carbocycles. The van der Waals surface area contributed by atoms with Gasteiger partial charge in [-0.2, -0.15) is 4.31 Å². The molecule has 0 aliphatic carbocycles. The molecule has 0 radical (unpaired) electrons. The fourth-order valence-electron chi connectivity index (χ4n) is 1.40. The van der Waals surface area contributed by atoms with Gasteiger partial charge < -0.3 is 4.74 Å². The molecule has 0 fully saturated rings. The molecule has 0 unspecified atom stereocenters. The number of rotatable bonds is 5. The summed E-state index contributed by atoms with van der Waals surface area (Å²) in [6.07, 6.45) is 0. The highest BCUT2D eigenvalue weighted by atomic mass is 35.5. The van der Waals surface area contributed by atoms with Gasteiger partial charge in [-0.05, 0) is 18.2 Å². The van der Waals surface area contributed by atoms with Crippen molar-refractivity contribution in [2.75, 3.05) is 20.2 Å². The van der Waals surface area contributed by atoms with E-state index in [0.717, 1.165) is 29.6 Å². The number of sulfonamides is 1. The van der Waals surface area contributed by atoms with Crippen LogP contribution in [0.3, 0.4) is 0 Å². The largest absolute Gasteiger partial charge is 0.468 e. The summed E-state index contributed by atoms with van der Waals surface area (Å²) in [5.74, 6) is -1.33. The van der Waals surface area contributed by atoms with Crippen LogP contribution in [0.1, 0.15) is 6.92 Å². The molecular formula is C11H13ClFNO4S. The number of halogens is 2. The normalized spacial score (nSPS) is 11.6. The lowest BCUT2D eigenvalue weighted by Gasteiger charge is -2.19. The van der Waals surface area contributed by atoms with Gasteiger partial charge in [0.2, 0.25) is 10.0 Å². The molecule has 0 aliphatic heterocycles. The number of hydrogen-bond donors (Lipinski definition) is 0. The van der Waals surface area contributed by atoms with E-state index in [2.05, 4.69) is 4.74 Å². The number of carbonyl (C=O) groups excluding carboxylic acids is 1. The summed E-state index contributed by atoms with van der Waals surface area (Å²) >= 11 is 5.72. The molecule has 0 bridgehead atoms. The van der Waals surface area contributed by atoms with Gasteiger partial charge in [0.1, 0.15) is 17.3 Å². The third-order valence-corrected chi connectivity index (χ3v) is 4.80. The van der Waals surface area contributed by atoms with Gasteiger partial charge in [-0.1, -0.05) is 18.5 Å². The van der Waals surface area contributed by atoms with Gasteiger partial charge in [0, 0.05) is 6.54 Å². The lowest BCUT2D eigenvalue weighted by Crippen LogP contribution is -2.36. The van der Waals surface area contributed by atoms with Gasteiger partial charge in [0.25, 0.3) is 0 Å². The van der Waals surface area contributed by atoms with Crippen LogP contribution in [0.25, 0.3) is 0 Å². The zero-order chi connectivity index (χ0) is 14.6. The van der Waals surface area contributed by atoms with Crippen molar-refractivity contribution < 1.29 is 22.3 Å². The number of methoxy groups -OCH3 is 1. The Kier molecular flexibility index (Phi) is 5.28. The van der Waals surface area contributed by atoms with E-state index in [4.69, 9.17) is 11.6 Å². The van der Waals surface area contributed by atoms with Crippen molar-refractivity contribution in [1.29, 1.82) is 0 Å². The molecule has 0 spiro atoms. The average Bonchev–Trinajstić information content (AvgIpc) is 2.34. The summed E-state index contributed by atoms with van der Waals surface area (Å²) in [7, 11) is -2.81. The highest BCUT2D eigenvalue weighted by Crippen LogP contribution is 2.25. The topological polar surface area (TPSA) is 63.7 Å². The molecule has 19 heavy (non-hydrogen) atoms. The number of hydrogen-bond acceptors (Lipinski definition) is 4. The molecule has 8 heteroatoms. The molecule has 0 saturated carbocycles. The van der Waals surface area contributed by atoms with E-state index in [1.54, 1.807) is 6.92 Å². The minimum absolute atomic E-state index is 0.0607. The van der Waals surface area contributed by atoms with Gasteiger partial charge in [0.05, 0.1) is 12.1 Å². The van der Waals surface area contributed by atoms with E-state index in [1.807, 2.05) is 0 Å². The van der Waals surface area contributed by atoms with E-state index >= 15 is 0 Å². The van der Waals surface area contributed by atoms with Gasteiger partial charge >= 0.3 is 5.97 Å². The van der Waals surface area contributed by atoms with Gasteiger partial charge in [0.15, 0.2) is 0 Å². The summed E-state index contributed by atoms with van der Waals surface area (Å²) in [5, 5.41) is -0.233. The third kappa shape index (κ3) is 3.65. The van der Waals surface area contributed by atoms with Crippen molar-refractivity contribution in [2.45, 2.75) is 11.8 Å². The molecule has 0 heterocycles. The first-order chi connectivity index (χ1) is 8.82. The average molecular weight is 310 g/mol. The van der Waals surface area contributed by atoms with Crippen LogP contribution in [0.5, 0.6) is 0 Å². The van der Waals surface area contributed by atoms with Crippen LogP contribution in [0.4, 0.5) is 4.39 Å². The molecule has 0 saturated heterocycles.